The number of halogens is 2. The molecule has 0 unspecified atom stereocenters. The van der Waals surface area contributed by atoms with Crippen LogP contribution < -0.4 is 5.32 Å². The monoisotopic (exact) mass is 254 g/mol. The van der Waals surface area contributed by atoms with Gasteiger partial charge in [-0.1, -0.05) is 6.07 Å². The van der Waals surface area contributed by atoms with Crippen LogP contribution in [-0.2, 0) is 0 Å². The molecule has 0 aliphatic carbocycles. The Balaban J connectivity index is 2.37. The molecule has 90 valence electrons. The zero-order valence-electron chi connectivity index (χ0n) is 9.50. The lowest BCUT2D eigenvalue weighted by Crippen LogP contribution is -2.09. The highest BCUT2D eigenvalue weighted by atomic mass is 32.1. The lowest BCUT2D eigenvalue weighted by Gasteiger charge is -2.04. The van der Waals surface area contributed by atoms with Crippen molar-refractivity contribution < 1.29 is 8.78 Å². The quantitative estimate of drug-likeness (QED) is 0.898. The maximum atomic E-state index is 13.5. The minimum Gasteiger partial charge on any atom is -0.359 e. The highest BCUT2D eigenvalue weighted by Crippen LogP contribution is 2.29. The van der Waals surface area contributed by atoms with Crippen LogP contribution in [0.4, 0.5) is 13.9 Å². The van der Waals surface area contributed by atoms with Crippen molar-refractivity contribution in [3.05, 3.63) is 35.2 Å². The van der Waals surface area contributed by atoms with Gasteiger partial charge in [0.15, 0.2) is 5.13 Å². The van der Waals surface area contributed by atoms with E-state index in [1.54, 1.807) is 5.38 Å². The highest BCUT2D eigenvalue weighted by molar-refractivity contribution is 7.14. The molecule has 1 aromatic heterocycles. The van der Waals surface area contributed by atoms with E-state index >= 15 is 0 Å². The summed E-state index contributed by atoms with van der Waals surface area (Å²) in [7, 11) is 0. The Labute approximate surface area is 102 Å². The molecule has 2 nitrogen and oxygen atoms in total. The summed E-state index contributed by atoms with van der Waals surface area (Å²) in [6.07, 6.45) is 0. The van der Waals surface area contributed by atoms with Gasteiger partial charge in [0.2, 0.25) is 0 Å². The molecule has 1 N–H and O–H groups in total. The molecule has 5 heteroatoms. The third-order valence-electron chi connectivity index (χ3n) is 2.14. The highest BCUT2D eigenvalue weighted by Gasteiger charge is 2.14. The summed E-state index contributed by atoms with van der Waals surface area (Å²) in [4.78, 5) is 4.17. The lowest BCUT2D eigenvalue weighted by molar-refractivity contribution is 0.589. The molecule has 0 spiro atoms. The van der Waals surface area contributed by atoms with Crippen LogP contribution in [0.2, 0.25) is 0 Å². The summed E-state index contributed by atoms with van der Waals surface area (Å²) in [5.74, 6) is -1.18. The molecule has 0 atom stereocenters. The van der Waals surface area contributed by atoms with Crippen molar-refractivity contribution in [1.82, 2.24) is 4.98 Å². The Bertz CT molecular complexity index is 503. The van der Waals surface area contributed by atoms with E-state index in [0.29, 0.717) is 10.8 Å². The van der Waals surface area contributed by atoms with Crippen LogP contribution >= 0.6 is 11.3 Å². The van der Waals surface area contributed by atoms with E-state index in [9.17, 15) is 8.78 Å². The van der Waals surface area contributed by atoms with E-state index in [-0.39, 0.29) is 11.6 Å². The second kappa shape index (κ2) is 4.79. The standard InChI is InChI=1S/C12H12F2N2S/c1-7(2)15-12-16-10(6-17-12)11-8(13)4-3-5-9(11)14/h3-7H,1-2H3,(H,15,16). The molecule has 0 saturated heterocycles. The summed E-state index contributed by atoms with van der Waals surface area (Å²) in [5.41, 5.74) is 0.259. The molecule has 1 heterocycles. The molecule has 0 aliphatic rings. The molecule has 0 amide bonds. The normalized spacial score (nSPS) is 10.9. The number of hydrogen-bond donors (Lipinski definition) is 1. The smallest absolute Gasteiger partial charge is 0.183 e. The third kappa shape index (κ3) is 2.61. The van der Waals surface area contributed by atoms with Crippen LogP contribution in [0.3, 0.4) is 0 Å². The summed E-state index contributed by atoms with van der Waals surface area (Å²) in [6, 6.07) is 4.04. The van der Waals surface area contributed by atoms with Gasteiger partial charge >= 0.3 is 0 Å². The van der Waals surface area contributed by atoms with Crippen molar-refractivity contribution in [3.63, 3.8) is 0 Å². The summed E-state index contributed by atoms with van der Waals surface area (Å²) < 4.78 is 27.0. The van der Waals surface area contributed by atoms with Gasteiger partial charge in [0.05, 0.1) is 11.3 Å². The fraction of sp³-hybridized carbons (Fsp3) is 0.250. The molecule has 0 saturated carbocycles. The van der Waals surface area contributed by atoms with Gasteiger partial charge in [0.1, 0.15) is 11.6 Å². The predicted octanol–water partition coefficient (Wildman–Crippen LogP) is 3.91. The predicted molar refractivity (Wildman–Crippen MR) is 66.2 cm³/mol. The zero-order chi connectivity index (χ0) is 12.4. The Kier molecular flexibility index (Phi) is 3.38. The average Bonchev–Trinajstić information content (AvgIpc) is 2.65. The SMILES string of the molecule is CC(C)Nc1nc(-c2c(F)cccc2F)cs1. The molecule has 0 fully saturated rings. The van der Waals surface area contributed by atoms with Crippen LogP contribution in [0.25, 0.3) is 11.3 Å². The van der Waals surface area contributed by atoms with Crippen LogP contribution in [0.1, 0.15) is 13.8 Å². The van der Waals surface area contributed by atoms with E-state index in [4.69, 9.17) is 0 Å². The van der Waals surface area contributed by atoms with E-state index in [1.807, 2.05) is 13.8 Å². The lowest BCUT2D eigenvalue weighted by atomic mass is 10.1. The average molecular weight is 254 g/mol. The number of hydrogen-bond acceptors (Lipinski definition) is 3. The fourth-order valence-corrected chi connectivity index (χ4v) is 2.29. The van der Waals surface area contributed by atoms with Gasteiger partial charge in [-0.3, -0.25) is 0 Å². The van der Waals surface area contributed by atoms with Gasteiger partial charge < -0.3 is 5.32 Å². The first-order chi connectivity index (χ1) is 8.08. The minimum absolute atomic E-state index is 0.0689. The van der Waals surface area contributed by atoms with Crippen molar-refractivity contribution in [2.75, 3.05) is 5.32 Å². The first-order valence-corrected chi connectivity index (χ1v) is 6.12. The Morgan fingerprint density at radius 1 is 1.24 bits per heavy atom. The van der Waals surface area contributed by atoms with E-state index in [2.05, 4.69) is 10.3 Å². The Hall–Kier alpha value is -1.49. The van der Waals surface area contributed by atoms with E-state index in [0.717, 1.165) is 0 Å². The molecule has 1 aromatic carbocycles. The second-order valence-corrected chi connectivity index (χ2v) is 4.79. The van der Waals surface area contributed by atoms with Crippen LogP contribution in [0.5, 0.6) is 0 Å². The number of aromatic nitrogens is 1. The van der Waals surface area contributed by atoms with Gasteiger partial charge in [-0.2, -0.15) is 0 Å². The summed E-state index contributed by atoms with van der Waals surface area (Å²) in [6.45, 7) is 3.95. The minimum atomic E-state index is -0.591. The summed E-state index contributed by atoms with van der Waals surface area (Å²) in [5, 5.41) is 5.41. The van der Waals surface area contributed by atoms with Gasteiger partial charge in [0.25, 0.3) is 0 Å². The number of thiazole rings is 1. The van der Waals surface area contributed by atoms with Crippen molar-refractivity contribution in [2.24, 2.45) is 0 Å². The first kappa shape index (κ1) is 12.0. The second-order valence-electron chi connectivity index (χ2n) is 3.93. The molecule has 0 aliphatic heterocycles. The van der Waals surface area contributed by atoms with E-state index in [1.165, 1.54) is 29.5 Å². The molecule has 2 aromatic rings. The zero-order valence-corrected chi connectivity index (χ0v) is 10.3. The van der Waals surface area contributed by atoms with Crippen molar-refractivity contribution in [1.29, 1.82) is 0 Å². The molecule has 0 bridgehead atoms. The van der Waals surface area contributed by atoms with Crippen LogP contribution in [-0.4, -0.2) is 11.0 Å². The molecular weight excluding hydrogens is 242 g/mol. The number of nitrogens with one attached hydrogen (secondary N) is 1. The number of benzene rings is 1. The van der Waals surface area contributed by atoms with Crippen molar-refractivity contribution in [2.45, 2.75) is 19.9 Å². The molecule has 17 heavy (non-hydrogen) atoms. The van der Waals surface area contributed by atoms with Crippen LogP contribution in [0.15, 0.2) is 23.6 Å². The van der Waals surface area contributed by atoms with Gasteiger partial charge in [-0.25, -0.2) is 13.8 Å². The Morgan fingerprint density at radius 3 is 2.47 bits per heavy atom. The number of anilines is 1. The van der Waals surface area contributed by atoms with E-state index < -0.39 is 11.6 Å². The molecule has 2 rings (SSSR count). The van der Waals surface area contributed by atoms with Gasteiger partial charge in [0, 0.05) is 11.4 Å². The van der Waals surface area contributed by atoms with Crippen LogP contribution in [0, 0.1) is 11.6 Å². The number of rotatable bonds is 3. The van der Waals surface area contributed by atoms with Crippen molar-refractivity contribution >= 4 is 16.5 Å². The molecular formula is C12H12F2N2S. The van der Waals surface area contributed by atoms with Gasteiger partial charge in [-0.05, 0) is 26.0 Å². The molecule has 0 radical (unpaired) electrons. The largest absolute Gasteiger partial charge is 0.359 e. The maximum Gasteiger partial charge on any atom is 0.183 e. The third-order valence-corrected chi connectivity index (χ3v) is 2.91. The first-order valence-electron chi connectivity index (χ1n) is 5.24. The maximum absolute atomic E-state index is 13.5. The topological polar surface area (TPSA) is 24.9 Å². The summed E-state index contributed by atoms with van der Waals surface area (Å²) >= 11 is 1.33. The fourth-order valence-electron chi connectivity index (χ4n) is 1.44. The van der Waals surface area contributed by atoms with Crippen molar-refractivity contribution in [3.8, 4) is 11.3 Å². The Morgan fingerprint density at radius 2 is 1.88 bits per heavy atom. The van der Waals surface area contributed by atoms with Gasteiger partial charge in [-0.15, -0.1) is 11.3 Å². The number of nitrogens with zero attached hydrogens (tertiary/aromatic N) is 1.